The number of hydrogen-bond acceptors (Lipinski definition) is 3. The van der Waals surface area contributed by atoms with Gasteiger partial charge in [-0.3, -0.25) is 0 Å². The Hall–Kier alpha value is -0.490. The van der Waals surface area contributed by atoms with E-state index in [1.54, 1.807) is 12.1 Å². The number of halogens is 2. The minimum atomic E-state index is -1.15. The molecule has 5 heteroatoms. The molecule has 1 aromatic rings. The van der Waals surface area contributed by atoms with Crippen molar-refractivity contribution in [1.29, 1.82) is 0 Å². The number of benzene rings is 1. The highest BCUT2D eigenvalue weighted by Gasteiger charge is 2.18. The standard InChI is InChI=1S/C11H15BrFNO2/c1-11(16,7-15)6-14-5-8-3-2-4-9(13)10(8)12/h2-4,14-16H,5-7H2,1H3. The maximum absolute atomic E-state index is 13.1. The van der Waals surface area contributed by atoms with Crippen molar-refractivity contribution in [3.05, 3.63) is 34.1 Å². The van der Waals surface area contributed by atoms with Gasteiger partial charge in [0, 0.05) is 13.1 Å². The summed E-state index contributed by atoms with van der Waals surface area (Å²) in [5.41, 5.74) is -0.381. The molecule has 0 bridgehead atoms. The van der Waals surface area contributed by atoms with Crippen LogP contribution in [-0.4, -0.2) is 29.0 Å². The van der Waals surface area contributed by atoms with Gasteiger partial charge < -0.3 is 15.5 Å². The van der Waals surface area contributed by atoms with Crippen LogP contribution in [0, 0.1) is 5.82 Å². The van der Waals surface area contributed by atoms with Gasteiger partial charge in [0.1, 0.15) is 5.82 Å². The zero-order valence-electron chi connectivity index (χ0n) is 9.00. The first-order chi connectivity index (χ1) is 7.46. The largest absolute Gasteiger partial charge is 0.393 e. The molecular formula is C11H15BrFNO2. The van der Waals surface area contributed by atoms with Gasteiger partial charge in [-0.25, -0.2) is 4.39 Å². The Labute approximate surface area is 102 Å². The molecular weight excluding hydrogens is 277 g/mol. The molecule has 0 aliphatic carbocycles. The first-order valence-electron chi connectivity index (χ1n) is 4.93. The third kappa shape index (κ3) is 3.83. The molecule has 0 spiro atoms. The van der Waals surface area contributed by atoms with Gasteiger partial charge in [0.05, 0.1) is 16.7 Å². The molecule has 3 N–H and O–H groups in total. The molecule has 16 heavy (non-hydrogen) atoms. The molecule has 1 unspecified atom stereocenters. The van der Waals surface area contributed by atoms with E-state index in [-0.39, 0.29) is 19.0 Å². The Morgan fingerprint density at radius 2 is 2.19 bits per heavy atom. The van der Waals surface area contributed by atoms with Crippen molar-refractivity contribution in [2.75, 3.05) is 13.2 Å². The molecule has 1 atom stereocenters. The summed E-state index contributed by atoms with van der Waals surface area (Å²) in [6.45, 7) is 1.88. The van der Waals surface area contributed by atoms with Gasteiger partial charge >= 0.3 is 0 Å². The molecule has 0 amide bonds. The van der Waals surface area contributed by atoms with Crippen molar-refractivity contribution < 1.29 is 14.6 Å². The topological polar surface area (TPSA) is 52.5 Å². The van der Waals surface area contributed by atoms with Crippen LogP contribution in [0.25, 0.3) is 0 Å². The zero-order valence-corrected chi connectivity index (χ0v) is 10.6. The molecule has 0 fully saturated rings. The van der Waals surface area contributed by atoms with E-state index in [0.717, 1.165) is 5.56 Å². The van der Waals surface area contributed by atoms with E-state index in [9.17, 15) is 9.50 Å². The second kappa shape index (κ2) is 5.72. The van der Waals surface area contributed by atoms with Crippen LogP contribution in [0.5, 0.6) is 0 Å². The molecule has 3 nitrogen and oxygen atoms in total. The van der Waals surface area contributed by atoms with Crippen LogP contribution < -0.4 is 5.32 Å². The van der Waals surface area contributed by atoms with Crippen LogP contribution in [0.1, 0.15) is 12.5 Å². The third-order valence-corrected chi connectivity index (χ3v) is 3.08. The Morgan fingerprint density at radius 3 is 2.81 bits per heavy atom. The minimum absolute atomic E-state index is 0.243. The molecule has 0 radical (unpaired) electrons. The third-order valence-electron chi connectivity index (χ3n) is 2.19. The molecule has 0 aliphatic heterocycles. The fraction of sp³-hybridized carbons (Fsp3) is 0.455. The van der Waals surface area contributed by atoms with Gasteiger partial charge in [-0.15, -0.1) is 0 Å². The van der Waals surface area contributed by atoms with Crippen molar-refractivity contribution in [3.63, 3.8) is 0 Å². The maximum atomic E-state index is 13.1. The van der Waals surface area contributed by atoms with E-state index in [2.05, 4.69) is 21.2 Å². The number of nitrogens with one attached hydrogen (secondary N) is 1. The van der Waals surface area contributed by atoms with Gasteiger partial charge in [0.2, 0.25) is 0 Å². The summed E-state index contributed by atoms with van der Waals surface area (Å²) in [7, 11) is 0. The van der Waals surface area contributed by atoms with Crippen LogP contribution >= 0.6 is 15.9 Å². The van der Waals surface area contributed by atoms with Gasteiger partial charge in [-0.2, -0.15) is 0 Å². The lowest BCUT2D eigenvalue weighted by Gasteiger charge is -2.20. The monoisotopic (exact) mass is 291 g/mol. The van der Waals surface area contributed by atoms with Crippen molar-refractivity contribution >= 4 is 15.9 Å². The van der Waals surface area contributed by atoms with Crippen molar-refractivity contribution in [2.24, 2.45) is 0 Å². The highest BCUT2D eigenvalue weighted by molar-refractivity contribution is 9.10. The molecule has 0 heterocycles. The van der Waals surface area contributed by atoms with Crippen LogP contribution in [0.15, 0.2) is 22.7 Å². The first kappa shape index (κ1) is 13.6. The summed E-state index contributed by atoms with van der Waals surface area (Å²) < 4.78 is 13.6. The predicted octanol–water partition coefficient (Wildman–Crippen LogP) is 1.42. The van der Waals surface area contributed by atoms with Crippen molar-refractivity contribution in [1.82, 2.24) is 5.32 Å². The summed E-state index contributed by atoms with van der Waals surface area (Å²) in [5, 5.41) is 21.3. The van der Waals surface area contributed by atoms with Crippen LogP contribution in [0.2, 0.25) is 0 Å². The Morgan fingerprint density at radius 1 is 1.50 bits per heavy atom. The van der Waals surface area contributed by atoms with Gasteiger partial charge in [0.25, 0.3) is 0 Å². The summed E-state index contributed by atoms with van der Waals surface area (Å²) in [6.07, 6.45) is 0. The van der Waals surface area contributed by atoms with E-state index < -0.39 is 5.60 Å². The highest BCUT2D eigenvalue weighted by Crippen LogP contribution is 2.20. The molecule has 0 saturated heterocycles. The Bertz CT molecular complexity index is 358. The van der Waals surface area contributed by atoms with E-state index in [4.69, 9.17) is 5.11 Å². The molecule has 0 aliphatic rings. The van der Waals surface area contributed by atoms with Gasteiger partial charge in [-0.1, -0.05) is 12.1 Å². The SMILES string of the molecule is CC(O)(CO)CNCc1cccc(F)c1Br. The fourth-order valence-electron chi connectivity index (χ4n) is 1.21. The van der Waals surface area contributed by atoms with Gasteiger partial charge in [0.15, 0.2) is 0 Å². The quantitative estimate of drug-likeness (QED) is 0.769. The highest BCUT2D eigenvalue weighted by atomic mass is 79.9. The van der Waals surface area contributed by atoms with E-state index in [0.29, 0.717) is 11.0 Å². The molecule has 1 aromatic carbocycles. The first-order valence-corrected chi connectivity index (χ1v) is 5.72. The lowest BCUT2D eigenvalue weighted by atomic mass is 10.1. The summed E-state index contributed by atoms with van der Waals surface area (Å²) in [5.74, 6) is -0.312. The summed E-state index contributed by atoms with van der Waals surface area (Å²) in [6, 6.07) is 4.78. The number of hydrogen-bond donors (Lipinski definition) is 3. The van der Waals surface area contributed by atoms with Crippen LogP contribution in [0.3, 0.4) is 0 Å². The summed E-state index contributed by atoms with van der Waals surface area (Å²) in [4.78, 5) is 0. The lowest BCUT2D eigenvalue weighted by Crippen LogP contribution is -2.40. The molecule has 0 aromatic heterocycles. The molecule has 0 saturated carbocycles. The zero-order chi connectivity index (χ0) is 12.2. The van der Waals surface area contributed by atoms with Crippen molar-refractivity contribution in [2.45, 2.75) is 19.1 Å². The minimum Gasteiger partial charge on any atom is -0.393 e. The second-order valence-electron chi connectivity index (χ2n) is 3.97. The predicted molar refractivity (Wildman–Crippen MR) is 63.5 cm³/mol. The number of rotatable bonds is 5. The normalized spacial score (nSPS) is 14.8. The average Bonchev–Trinajstić information content (AvgIpc) is 2.24. The van der Waals surface area contributed by atoms with Crippen LogP contribution in [-0.2, 0) is 6.54 Å². The summed E-state index contributed by atoms with van der Waals surface area (Å²) >= 11 is 3.15. The fourth-order valence-corrected chi connectivity index (χ4v) is 1.61. The average molecular weight is 292 g/mol. The number of aliphatic hydroxyl groups excluding tert-OH is 1. The van der Waals surface area contributed by atoms with E-state index >= 15 is 0 Å². The maximum Gasteiger partial charge on any atom is 0.137 e. The van der Waals surface area contributed by atoms with Gasteiger partial charge in [-0.05, 0) is 34.5 Å². The smallest absolute Gasteiger partial charge is 0.137 e. The van der Waals surface area contributed by atoms with Crippen molar-refractivity contribution in [3.8, 4) is 0 Å². The molecule has 1 rings (SSSR count). The second-order valence-corrected chi connectivity index (χ2v) is 4.76. The van der Waals surface area contributed by atoms with E-state index in [1.165, 1.54) is 13.0 Å². The number of aliphatic hydroxyl groups is 2. The Balaban J connectivity index is 2.53. The van der Waals surface area contributed by atoms with Crippen LogP contribution in [0.4, 0.5) is 4.39 Å². The Kier molecular flexibility index (Phi) is 4.86. The lowest BCUT2D eigenvalue weighted by molar-refractivity contribution is 0.00253. The molecule has 90 valence electrons. The van der Waals surface area contributed by atoms with E-state index in [1.807, 2.05) is 0 Å².